The third kappa shape index (κ3) is 3.97. The van der Waals surface area contributed by atoms with Crippen molar-refractivity contribution < 1.29 is 4.79 Å². The van der Waals surface area contributed by atoms with E-state index in [0.29, 0.717) is 22.0 Å². The van der Waals surface area contributed by atoms with Crippen LogP contribution in [0.4, 0.5) is 5.69 Å². The number of benzene rings is 1. The van der Waals surface area contributed by atoms with Crippen LogP contribution in [-0.4, -0.2) is 11.7 Å². The highest BCUT2D eigenvalue weighted by molar-refractivity contribution is 8.03. The Hall–Kier alpha value is -2.90. The summed E-state index contributed by atoms with van der Waals surface area (Å²) in [5, 5.41) is 26.2. The molecule has 1 saturated carbocycles. The third-order valence-corrected chi connectivity index (χ3v) is 6.73. The van der Waals surface area contributed by atoms with Crippen molar-refractivity contribution in [3.8, 4) is 12.1 Å². The average molecular weight is 408 g/mol. The topological polar surface area (TPSA) is 115 Å². The standard InChI is InChI=1S/C22H25N5OS/c1-14-7-6-8-15(2)19(14)26-18(28)13-29-21-17(12-24)22(9-4-3-5-10-22)16(11-23)20(25)27-21/h6-8,27H,3-5,9-10,13,25H2,1-2H3,(H,26,28). The van der Waals surface area contributed by atoms with Crippen LogP contribution >= 0.6 is 11.8 Å². The zero-order valence-corrected chi connectivity index (χ0v) is 17.6. The van der Waals surface area contributed by atoms with Crippen molar-refractivity contribution in [1.82, 2.24) is 5.32 Å². The second kappa shape index (κ2) is 8.63. The number of dihydropyridines is 1. The number of aryl methyl sites for hydroxylation is 2. The fourth-order valence-electron chi connectivity index (χ4n) is 4.26. The minimum absolute atomic E-state index is 0.145. The molecule has 150 valence electrons. The molecule has 2 aliphatic rings. The van der Waals surface area contributed by atoms with E-state index < -0.39 is 5.41 Å². The lowest BCUT2D eigenvalue weighted by Gasteiger charge is -2.40. The van der Waals surface area contributed by atoms with Gasteiger partial charge in [0.15, 0.2) is 0 Å². The van der Waals surface area contributed by atoms with Gasteiger partial charge < -0.3 is 16.4 Å². The van der Waals surface area contributed by atoms with Crippen LogP contribution in [0.1, 0.15) is 43.2 Å². The van der Waals surface area contributed by atoms with E-state index in [1.54, 1.807) is 0 Å². The molecule has 1 fully saturated rings. The molecule has 0 bridgehead atoms. The largest absolute Gasteiger partial charge is 0.384 e. The maximum absolute atomic E-state index is 12.6. The Labute approximate surface area is 175 Å². The molecule has 0 aromatic heterocycles. The molecule has 0 unspecified atom stereocenters. The summed E-state index contributed by atoms with van der Waals surface area (Å²) in [7, 11) is 0. The second-order valence-corrected chi connectivity index (χ2v) is 8.57. The molecule has 0 atom stereocenters. The zero-order valence-electron chi connectivity index (χ0n) is 16.8. The van der Waals surface area contributed by atoms with Crippen LogP contribution in [0.25, 0.3) is 0 Å². The summed E-state index contributed by atoms with van der Waals surface area (Å²) in [6.07, 6.45) is 4.47. The molecule has 1 amide bonds. The van der Waals surface area contributed by atoms with Gasteiger partial charge in [-0.1, -0.05) is 49.2 Å². The molecule has 29 heavy (non-hydrogen) atoms. The molecule has 3 rings (SSSR count). The highest BCUT2D eigenvalue weighted by Gasteiger charge is 2.45. The summed E-state index contributed by atoms with van der Waals surface area (Å²) < 4.78 is 0. The number of anilines is 1. The number of hydrogen-bond acceptors (Lipinski definition) is 6. The Bertz CT molecular complexity index is 954. The Kier molecular flexibility index (Phi) is 6.20. The van der Waals surface area contributed by atoms with Gasteiger partial charge in [0.2, 0.25) is 5.91 Å². The molecular formula is C22H25N5OS. The first kappa shape index (κ1) is 20.8. The first-order chi connectivity index (χ1) is 13.9. The maximum Gasteiger partial charge on any atom is 0.234 e. The highest BCUT2D eigenvalue weighted by atomic mass is 32.2. The maximum atomic E-state index is 12.6. The fourth-order valence-corrected chi connectivity index (χ4v) is 5.18. The van der Waals surface area contributed by atoms with Crippen molar-refractivity contribution in [3.05, 3.63) is 51.3 Å². The molecule has 4 N–H and O–H groups in total. The van der Waals surface area contributed by atoms with E-state index in [2.05, 4.69) is 22.8 Å². The van der Waals surface area contributed by atoms with E-state index in [0.717, 1.165) is 48.9 Å². The number of amides is 1. The molecule has 1 aliphatic heterocycles. The van der Waals surface area contributed by atoms with E-state index in [9.17, 15) is 15.3 Å². The van der Waals surface area contributed by atoms with Crippen LogP contribution in [0, 0.1) is 41.9 Å². The molecule has 1 aromatic carbocycles. The molecule has 1 heterocycles. The molecular weight excluding hydrogens is 382 g/mol. The van der Waals surface area contributed by atoms with Crippen molar-refractivity contribution >= 4 is 23.4 Å². The summed E-state index contributed by atoms with van der Waals surface area (Å²) in [4.78, 5) is 12.6. The number of para-hydroxylation sites is 1. The monoisotopic (exact) mass is 407 g/mol. The van der Waals surface area contributed by atoms with Gasteiger partial charge in [-0.05, 0) is 37.8 Å². The molecule has 6 nitrogen and oxygen atoms in total. The summed E-state index contributed by atoms with van der Waals surface area (Å²) >= 11 is 1.26. The summed E-state index contributed by atoms with van der Waals surface area (Å²) in [5.74, 6) is 0.295. The predicted molar refractivity (Wildman–Crippen MR) is 115 cm³/mol. The van der Waals surface area contributed by atoms with Gasteiger partial charge in [0, 0.05) is 11.1 Å². The smallest absolute Gasteiger partial charge is 0.234 e. The Balaban J connectivity index is 1.82. The van der Waals surface area contributed by atoms with Crippen LogP contribution in [-0.2, 0) is 4.79 Å². The number of nitrogens with two attached hydrogens (primary N) is 1. The van der Waals surface area contributed by atoms with Crippen molar-refractivity contribution in [2.45, 2.75) is 46.0 Å². The first-order valence-electron chi connectivity index (χ1n) is 9.74. The van der Waals surface area contributed by atoms with Gasteiger partial charge >= 0.3 is 0 Å². The van der Waals surface area contributed by atoms with Gasteiger partial charge in [0.05, 0.1) is 34.1 Å². The van der Waals surface area contributed by atoms with Crippen LogP contribution in [0.3, 0.4) is 0 Å². The minimum atomic E-state index is -0.623. The van der Waals surface area contributed by atoms with Gasteiger partial charge in [-0.15, -0.1) is 0 Å². The summed E-state index contributed by atoms with van der Waals surface area (Å²) in [6, 6.07) is 10.4. The fraction of sp³-hybridized carbons (Fsp3) is 0.409. The number of nitriles is 2. The number of carbonyl (C=O) groups excluding carboxylic acids is 1. The third-order valence-electron chi connectivity index (χ3n) is 5.73. The van der Waals surface area contributed by atoms with Crippen molar-refractivity contribution in [3.63, 3.8) is 0 Å². The Morgan fingerprint density at radius 2 is 1.79 bits per heavy atom. The van der Waals surface area contributed by atoms with Gasteiger partial charge in [0.25, 0.3) is 0 Å². The van der Waals surface area contributed by atoms with E-state index in [1.165, 1.54) is 11.8 Å². The number of allylic oxidation sites excluding steroid dienone is 2. The predicted octanol–water partition coefficient (Wildman–Crippen LogP) is 3.96. The number of thioether (sulfide) groups is 1. The Morgan fingerprint density at radius 3 is 2.38 bits per heavy atom. The Morgan fingerprint density at radius 1 is 1.17 bits per heavy atom. The second-order valence-electron chi connectivity index (χ2n) is 7.59. The van der Waals surface area contributed by atoms with Crippen LogP contribution < -0.4 is 16.4 Å². The molecule has 0 saturated heterocycles. The van der Waals surface area contributed by atoms with E-state index >= 15 is 0 Å². The van der Waals surface area contributed by atoms with Crippen LogP contribution in [0.2, 0.25) is 0 Å². The summed E-state index contributed by atoms with van der Waals surface area (Å²) in [6.45, 7) is 3.91. The number of hydrogen-bond donors (Lipinski definition) is 3. The van der Waals surface area contributed by atoms with Gasteiger partial charge in [-0.3, -0.25) is 4.79 Å². The van der Waals surface area contributed by atoms with Gasteiger partial charge in [-0.25, -0.2) is 0 Å². The normalized spacial score (nSPS) is 18.1. The van der Waals surface area contributed by atoms with Gasteiger partial charge in [0.1, 0.15) is 5.82 Å². The number of carbonyl (C=O) groups is 1. The van der Waals surface area contributed by atoms with Crippen LogP contribution in [0.15, 0.2) is 40.2 Å². The highest BCUT2D eigenvalue weighted by Crippen LogP contribution is 2.51. The average Bonchev–Trinajstić information content (AvgIpc) is 2.70. The van der Waals surface area contributed by atoms with E-state index in [4.69, 9.17) is 5.73 Å². The van der Waals surface area contributed by atoms with E-state index in [-0.39, 0.29) is 11.7 Å². The summed E-state index contributed by atoms with van der Waals surface area (Å²) in [5.41, 5.74) is 9.35. The first-order valence-corrected chi connectivity index (χ1v) is 10.7. The zero-order chi connectivity index (χ0) is 21.0. The number of nitrogens with zero attached hydrogens (tertiary/aromatic N) is 2. The minimum Gasteiger partial charge on any atom is -0.384 e. The van der Waals surface area contributed by atoms with Gasteiger partial charge in [-0.2, -0.15) is 10.5 Å². The van der Waals surface area contributed by atoms with Crippen LogP contribution in [0.5, 0.6) is 0 Å². The van der Waals surface area contributed by atoms with Crippen molar-refractivity contribution in [2.24, 2.45) is 11.1 Å². The lowest BCUT2D eigenvalue weighted by molar-refractivity contribution is -0.113. The molecule has 1 aliphatic carbocycles. The number of rotatable bonds is 4. The molecule has 1 spiro atoms. The van der Waals surface area contributed by atoms with Crippen molar-refractivity contribution in [1.29, 1.82) is 10.5 Å². The van der Waals surface area contributed by atoms with Crippen molar-refractivity contribution in [2.75, 3.05) is 11.1 Å². The van der Waals surface area contributed by atoms with E-state index in [1.807, 2.05) is 32.0 Å². The lowest BCUT2D eigenvalue weighted by Crippen LogP contribution is -2.39. The molecule has 0 radical (unpaired) electrons. The molecule has 7 heteroatoms. The lowest BCUT2D eigenvalue weighted by atomic mass is 9.64. The quantitative estimate of drug-likeness (QED) is 0.696. The SMILES string of the molecule is Cc1cccc(C)c1NC(=O)CSC1=C(C#N)C2(CCCCC2)C(C#N)=C(N)N1. The number of nitrogens with one attached hydrogen (secondary N) is 2. The molecule has 1 aromatic rings.